The van der Waals surface area contributed by atoms with Crippen molar-refractivity contribution in [1.29, 1.82) is 0 Å². The van der Waals surface area contributed by atoms with Crippen LogP contribution in [-0.4, -0.2) is 32.2 Å². The SMILES string of the molecule is CC1COCCC1NCC(F)F. The number of hydrogen-bond acceptors (Lipinski definition) is 2. The van der Waals surface area contributed by atoms with E-state index in [1.165, 1.54) is 0 Å². The first-order valence-corrected chi connectivity index (χ1v) is 4.29. The highest BCUT2D eigenvalue weighted by molar-refractivity contribution is 4.76. The average Bonchev–Trinajstić information content (AvgIpc) is 2.03. The van der Waals surface area contributed by atoms with Gasteiger partial charge in [-0.25, -0.2) is 8.78 Å². The number of rotatable bonds is 3. The van der Waals surface area contributed by atoms with Gasteiger partial charge in [0.15, 0.2) is 0 Å². The predicted molar refractivity (Wildman–Crippen MR) is 42.4 cm³/mol. The molecular formula is C8H15F2NO. The van der Waals surface area contributed by atoms with Crippen LogP contribution in [0.25, 0.3) is 0 Å². The maximum Gasteiger partial charge on any atom is 0.250 e. The Labute approximate surface area is 71.3 Å². The second-order valence-corrected chi connectivity index (χ2v) is 3.25. The van der Waals surface area contributed by atoms with Gasteiger partial charge in [-0.2, -0.15) is 0 Å². The molecule has 0 saturated carbocycles. The number of halogens is 2. The van der Waals surface area contributed by atoms with E-state index in [9.17, 15) is 8.78 Å². The van der Waals surface area contributed by atoms with Crippen molar-refractivity contribution in [2.75, 3.05) is 19.8 Å². The van der Waals surface area contributed by atoms with Gasteiger partial charge in [0.1, 0.15) is 0 Å². The van der Waals surface area contributed by atoms with Crippen LogP contribution in [-0.2, 0) is 4.74 Å². The van der Waals surface area contributed by atoms with Gasteiger partial charge in [0, 0.05) is 12.6 Å². The van der Waals surface area contributed by atoms with Crippen LogP contribution in [0, 0.1) is 5.92 Å². The molecular weight excluding hydrogens is 164 g/mol. The fourth-order valence-corrected chi connectivity index (χ4v) is 1.42. The number of nitrogens with one attached hydrogen (secondary N) is 1. The van der Waals surface area contributed by atoms with Gasteiger partial charge in [-0.1, -0.05) is 6.92 Å². The number of alkyl halides is 2. The Morgan fingerprint density at radius 2 is 2.33 bits per heavy atom. The molecule has 2 atom stereocenters. The average molecular weight is 179 g/mol. The van der Waals surface area contributed by atoms with Crippen molar-refractivity contribution in [3.63, 3.8) is 0 Å². The van der Waals surface area contributed by atoms with Crippen LogP contribution < -0.4 is 5.32 Å². The highest BCUT2D eigenvalue weighted by Gasteiger charge is 2.21. The zero-order chi connectivity index (χ0) is 8.97. The van der Waals surface area contributed by atoms with Crippen molar-refractivity contribution in [2.45, 2.75) is 25.8 Å². The fourth-order valence-electron chi connectivity index (χ4n) is 1.42. The molecule has 0 bridgehead atoms. The van der Waals surface area contributed by atoms with E-state index < -0.39 is 6.43 Å². The minimum absolute atomic E-state index is 0.199. The molecule has 0 aliphatic carbocycles. The first-order chi connectivity index (χ1) is 5.70. The quantitative estimate of drug-likeness (QED) is 0.704. The maximum absolute atomic E-state index is 11.8. The van der Waals surface area contributed by atoms with Crippen LogP contribution in [0.5, 0.6) is 0 Å². The molecule has 12 heavy (non-hydrogen) atoms. The summed E-state index contributed by atoms with van der Waals surface area (Å²) in [5, 5.41) is 2.84. The molecule has 1 aliphatic rings. The summed E-state index contributed by atoms with van der Waals surface area (Å²) in [6.45, 7) is 3.18. The Hall–Kier alpha value is -0.220. The Balaban J connectivity index is 2.20. The van der Waals surface area contributed by atoms with Crippen molar-refractivity contribution < 1.29 is 13.5 Å². The Kier molecular flexibility index (Phi) is 3.88. The monoisotopic (exact) mass is 179 g/mol. The molecule has 1 aliphatic heterocycles. The molecule has 1 N–H and O–H groups in total. The van der Waals surface area contributed by atoms with Gasteiger partial charge in [0.05, 0.1) is 13.2 Å². The molecule has 0 spiro atoms. The molecule has 1 fully saturated rings. The third-order valence-corrected chi connectivity index (χ3v) is 2.18. The van der Waals surface area contributed by atoms with Crippen molar-refractivity contribution in [2.24, 2.45) is 5.92 Å². The summed E-state index contributed by atoms with van der Waals surface area (Å²) in [5.41, 5.74) is 0. The van der Waals surface area contributed by atoms with E-state index in [-0.39, 0.29) is 12.6 Å². The third kappa shape index (κ3) is 3.03. The Morgan fingerprint density at radius 1 is 1.58 bits per heavy atom. The van der Waals surface area contributed by atoms with E-state index in [0.717, 1.165) is 6.42 Å². The molecule has 1 rings (SSSR count). The first kappa shape index (κ1) is 9.86. The molecule has 0 radical (unpaired) electrons. The largest absolute Gasteiger partial charge is 0.381 e. The van der Waals surface area contributed by atoms with Crippen molar-refractivity contribution in [1.82, 2.24) is 5.32 Å². The van der Waals surface area contributed by atoms with Gasteiger partial charge in [-0.05, 0) is 12.3 Å². The van der Waals surface area contributed by atoms with Gasteiger partial charge in [0.25, 0.3) is 6.43 Å². The van der Waals surface area contributed by atoms with Crippen LogP contribution in [0.3, 0.4) is 0 Å². The zero-order valence-electron chi connectivity index (χ0n) is 7.22. The molecule has 1 saturated heterocycles. The van der Waals surface area contributed by atoms with E-state index in [1.807, 2.05) is 6.92 Å². The lowest BCUT2D eigenvalue weighted by Crippen LogP contribution is -2.43. The Morgan fingerprint density at radius 3 is 2.92 bits per heavy atom. The lowest BCUT2D eigenvalue weighted by atomic mass is 9.98. The summed E-state index contributed by atoms with van der Waals surface area (Å²) in [4.78, 5) is 0. The minimum Gasteiger partial charge on any atom is -0.381 e. The van der Waals surface area contributed by atoms with Crippen molar-refractivity contribution in [3.05, 3.63) is 0 Å². The number of ether oxygens (including phenoxy) is 1. The standard InChI is InChI=1S/C8H15F2NO/c1-6-5-12-3-2-7(6)11-4-8(9)10/h6-8,11H,2-5H2,1H3. The molecule has 2 nitrogen and oxygen atoms in total. The molecule has 0 amide bonds. The van der Waals surface area contributed by atoms with Gasteiger partial charge in [-0.15, -0.1) is 0 Å². The molecule has 0 aromatic carbocycles. The number of hydrogen-bond donors (Lipinski definition) is 1. The topological polar surface area (TPSA) is 21.3 Å². The van der Waals surface area contributed by atoms with Gasteiger partial charge >= 0.3 is 0 Å². The second-order valence-electron chi connectivity index (χ2n) is 3.25. The van der Waals surface area contributed by atoms with Crippen LogP contribution in [0.15, 0.2) is 0 Å². The van der Waals surface area contributed by atoms with Crippen molar-refractivity contribution in [3.8, 4) is 0 Å². The van der Waals surface area contributed by atoms with Crippen LogP contribution in [0.2, 0.25) is 0 Å². The second kappa shape index (κ2) is 4.72. The van der Waals surface area contributed by atoms with Crippen LogP contribution in [0.1, 0.15) is 13.3 Å². The van der Waals surface area contributed by atoms with E-state index in [1.54, 1.807) is 0 Å². The summed E-state index contributed by atoms with van der Waals surface area (Å²) in [7, 11) is 0. The predicted octanol–water partition coefficient (Wildman–Crippen LogP) is 1.27. The highest BCUT2D eigenvalue weighted by Crippen LogP contribution is 2.13. The molecule has 2 unspecified atom stereocenters. The van der Waals surface area contributed by atoms with Crippen molar-refractivity contribution >= 4 is 0 Å². The van der Waals surface area contributed by atoms with Gasteiger partial charge < -0.3 is 10.1 Å². The lowest BCUT2D eigenvalue weighted by molar-refractivity contribution is 0.0329. The van der Waals surface area contributed by atoms with Gasteiger partial charge in [-0.3, -0.25) is 0 Å². The minimum atomic E-state index is -2.25. The molecule has 0 aromatic rings. The molecule has 0 aromatic heterocycles. The summed E-state index contributed by atoms with van der Waals surface area (Å²) in [6, 6.07) is 0.202. The Bertz CT molecular complexity index is 132. The summed E-state index contributed by atoms with van der Waals surface area (Å²) >= 11 is 0. The molecule has 72 valence electrons. The third-order valence-electron chi connectivity index (χ3n) is 2.18. The zero-order valence-corrected chi connectivity index (χ0v) is 7.22. The molecule has 4 heteroatoms. The first-order valence-electron chi connectivity index (χ1n) is 4.29. The van der Waals surface area contributed by atoms with E-state index in [2.05, 4.69) is 5.32 Å². The van der Waals surface area contributed by atoms with E-state index >= 15 is 0 Å². The fraction of sp³-hybridized carbons (Fsp3) is 1.00. The summed E-state index contributed by atoms with van der Waals surface area (Å²) in [6.07, 6.45) is -1.41. The summed E-state index contributed by atoms with van der Waals surface area (Å²) < 4.78 is 28.8. The van der Waals surface area contributed by atoms with Gasteiger partial charge in [0.2, 0.25) is 0 Å². The van der Waals surface area contributed by atoms with Crippen LogP contribution >= 0.6 is 0 Å². The van der Waals surface area contributed by atoms with Crippen LogP contribution in [0.4, 0.5) is 8.78 Å². The normalized spacial score (nSPS) is 31.0. The maximum atomic E-state index is 11.8. The molecule has 1 heterocycles. The summed E-state index contributed by atoms with van der Waals surface area (Å²) in [5.74, 6) is 0.345. The smallest absolute Gasteiger partial charge is 0.250 e. The lowest BCUT2D eigenvalue weighted by Gasteiger charge is -2.29. The van der Waals surface area contributed by atoms with E-state index in [4.69, 9.17) is 4.74 Å². The highest BCUT2D eigenvalue weighted by atomic mass is 19.3. The van der Waals surface area contributed by atoms with E-state index in [0.29, 0.717) is 19.1 Å².